The van der Waals surface area contributed by atoms with Crippen molar-refractivity contribution in [2.24, 2.45) is 5.73 Å². The number of hydrogen-bond acceptors (Lipinski definition) is 3. The standard InChI is InChI=1S/C17H18N2O2.ClH/c18-10-14-12-19(11-13-6-4-5-9-16(13)14)17(20)21-15-7-2-1-3-8-15;/h1-9,14H,10-12,18H2;1H. The number of amides is 1. The molecule has 0 aliphatic carbocycles. The number of para-hydroxylation sites is 1. The Morgan fingerprint density at radius 2 is 1.82 bits per heavy atom. The van der Waals surface area contributed by atoms with Crippen LogP contribution in [0.1, 0.15) is 17.0 Å². The van der Waals surface area contributed by atoms with Gasteiger partial charge in [-0.2, -0.15) is 0 Å². The van der Waals surface area contributed by atoms with Crippen LogP contribution >= 0.6 is 12.4 Å². The van der Waals surface area contributed by atoms with Crippen LogP contribution in [0.4, 0.5) is 4.79 Å². The van der Waals surface area contributed by atoms with Gasteiger partial charge in [-0.05, 0) is 23.3 Å². The van der Waals surface area contributed by atoms with Gasteiger partial charge < -0.3 is 15.4 Å². The Labute approximate surface area is 136 Å². The minimum absolute atomic E-state index is 0. The van der Waals surface area contributed by atoms with Crippen molar-refractivity contribution in [2.45, 2.75) is 12.5 Å². The summed E-state index contributed by atoms with van der Waals surface area (Å²) in [5.74, 6) is 0.726. The number of benzene rings is 2. The Kier molecular flexibility index (Phi) is 5.41. The van der Waals surface area contributed by atoms with E-state index in [2.05, 4.69) is 6.07 Å². The summed E-state index contributed by atoms with van der Waals surface area (Å²) in [6.45, 7) is 1.68. The smallest absolute Gasteiger partial charge is 0.410 e. The van der Waals surface area contributed by atoms with Crippen LogP contribution in [0.25, 0.3) is 0 Å². The quantitative estimate of drug-likeness (QED) is 0.925. The van der Waals surface area contributed by atoms with Crippen LogP contribution in [0.2, 0.25) is 0 Å². The predicted molar refractivity (Wildman–Crippen MR) is 88.4 cm³/mol. The van der Waals surface area contributed by atoms with Crippen molar-refractivity contribution >= 4 is 18.5 Å². The molecule has 1 unspecified atom stereocenters. The van der Waals surface area contributed by atoms with Gasteiger partial charge in [0.15, 0.2) is 0 Å². The summed E-state index contributed by atoms with van der Waals surface area (Å²) in [5.41, 5.74) is 8.24. The highest BCUT2D eigenvalue weighted by Gasteiger charge is 2.28. The van der Waals surface area contributed by atoms with Crippen molar-refractivity contribution in [1.29, 1.82) is 0 Å². The number of hydrogen-bond donors (Lipinski definition) is 1. The number of fused-ring (bicyclic) bond motifs is 1. The molecular weight excluding hydrogens is 300 g/mol. The Bertz CT molecular complexity index is 634. The molecule has 0 aromatic heterocycles. The van der Waals surface area contributed by atoms with Crippen molar-refractivity contribution in [3.05, 3.63) is 65.7 Å². The average Bonchev–Trinajstić information content (AvgIpc) is 2.54. The SMILES string of the molecule is Cl.NCC1CN(C(=O)Oc2ccccc2)Cc2ccccc21. The van der Waals surface area contributed by atoms with Crippen LogP contribution in [-0.2, 0) is 6.54 Å². The zero-order valence-corrected chi connectivity index (χ0v) is 13.0. The summed E-state index contributed by atoms with van der Waals surface area (Å²) < 4.78 is 5.41. The molecule has 22 heavy (non-hydrogen) atoms. The van der Waals surface area contributed by atoms with Crippen LogP contribution in [0, 0.1) is 0 Å². The number of nitrogens with zero attached hydrogens (tertiary/aromatic N) is 1. The molecule has 1 aliphatic heterocycles. The molecule has 0 saturated carbocycles. The fraction of sp³-hybridized carbons (Fsp3) is 0.235. The Morgan fingerprint density at radius 3 is 2.55 bits per heavy atom. The van der Waals surface area contributed by atoms with Crippen molar-refractivity contribution in [2.75, 3.05) is 13.1 Å². The molecule has 0 saturated heterocycles. The summed E-state index contributed by atoms with van der Waals surface area (Å²) in [4.78, 5) is 14.0. The van der Waals surface area contributed by atoms with E-state index in [0.29, 0.717) is 25.4 Å². The Morgan fingerprint density at radius 1 is 1.14 bits per heavy atom. The van der Waals surface area contributed by atoms with Crippen molar-refractivity contribution in [3.63, 3.8) is 0 Å². The van der Waals surface area contributed by atoms with E-state index in [4.69, 9.17) is 10.5 Å². The number of rotatable bonds is 2. The molecule has 4 nitrogen and oxygen atoms in total. The molecule has 1 heterocycles. The largest absolute Gasteiger partial charge is 0.415 e. The minimum atomic E-state index is -0.325. The Hall–Kier alpha value is -2.04. The van der Waals surface area contributed by atoms with Crippen molar-refractivity contribution < 1.29 is 9.53 Å². The lowest BCUT2D eigenvalue weighted by molar-refractivity contribution is 0.142. The van der Waals surface area contributed by atoms with E-state index in [-0.39, 0.29) is 24.4 Å². The van der Waals surface area contributed by atoms with Crippen LogP contribution in [0.5, 0.6) is 5.75 Å². The highest BCUT2D eigenvalue weighted by molar-refractivity contribution is 5.85. The van der Waals surface area contributed by atoms with Gasteiger partial charge in [0.25, 0.3) is 0 Å². The zero-order valence-electron chi connectivity index (χ0n) is 12.1. The highest BCUT2D eigenvalue weighted by atomic mass is 35.5. The molecule has 0 bridgehead atoms. The first kappa shape index (κ1) is 16.3. The van der Waals surface area contributed by atoms with Gasteiger partial charge in [-0.1, -0.05) is 42.5 Å². The van der Waals surface area contributed by atoms with Gasteiger partial charge in [0, 0.05) is 25.6 Å². The van der Waals surface area contributed by atoms with E-state index < -0.39 is 0 Å². The third-order valence-corrected chi connectivity index (χ3v) is 3.79. The first-order valence-corrected chi connectivity index (χ1v) is 7.07. The van der Waals surface area contributed by atoms with E-state index >= 15 is 0 Å². The first-order chi connectivity index (χ1) is 10.3. The third-order valence-electron chi connectivity index (χ3n) is 3.79. The summed E-state index contributed by atoms with van der Waals surface area (Å²) in [5, 5.41) is 0. The topological polar surface area (TPSA) is 55.6 Å². The van der Waals surface area contributed by atoms with Crippen LogP contribution < -0.4 is 10.5 Å². The number of halogens is 1. The number of carbonyl (C=O) groups is 1. The number of ether oxygens (including phenoxy) is 1. The van der Waals surface area contributed by atoms with Gasteiger partial charge in [0.05, 0.1) is 0 Å². The summed E-state index contributed by atoms with van der Waals surface area (Å²) in [6.07, 6.45) is -0.325. The second kappa shape index (κ2) is 7.29. The van der Waals surface area contributed by atoms with E-state index in [1.807, 2.05) is 36.4 Å². The molecule has 2 aromatic rings. The van der Waals surface area contributed by atoms with Gasteiger partial charge in [-0.25, -0.2) is 4.79 Å². The fourth-order valence-electron chi connectivity index (χ4n) is 2.71. The lowest BCUT2D eigenvalue weighted by Crippen LogP contribution is -2.41. The lowest BCUT2D eigenvalue weighted by atomic mass is 9.90. The predicted octanol–water partition coefficient (Wildman–Crippen LogP) is 3.17. The van der Waals surface area contributed by atoms with Crippen molar-refractivity contribution in [1.82, 2.24) is 4.90 Å². The molecule has 5 heteroatoms. The average molecular weight is 319 g/mol. The maximum absolute atomic E-state index is 12.3. The highest BCUT2D eigenvalue weighted by Crippen LogP contribution is 2.28. The van der Waals surface area contributed by atoms with Gasteiger partial charge in [0.2, 0.25) is 0 Å². The zero-order chi connectivity index (χ0) is 14.7. The van der Waals surface area contributed by atoms with Gasteiger partial charge >= 0.3 is 6.09 Å². The maximum Gasteiger partial charge on any atom is 0.415 e. The molecule has 1 atom stereocenters. The number of nitrogens with two attached hydrogens (primary N) is 1. The second-order valence-corrected chi connectivity index (χ2v) is 5.19. The maximum atomic E-state index is 12.3. The van der Waals surface area contributed by atoms with E-state index in [0.717, 1.165) is 5.56 Å². The summed E-state index contributed by atoms with van der Waals surface area (Å²) in [7, 11) is 0. The fourth-order valence-corrected chi connectivity index (χ4v) is 2.71. The summed E-state index contributed by atoms with van der Waals surface area (Å²) >= 11 is 0. The monoisotopic (exact) mass is 318 g/mol. The molecule has 2 aromatic carbocycles. The third kappa shape index (κ3) is 3.40. The second-order valence-electron chi connectivity index (χ2n) is 5.19. The van der Waals surface area contributed by atoms with E-state index in [1.165, 1.54) is 5.56 Å². The molecule has 1 amide bonds. The van der Waals surface area contributed by atoms with Gasteiger partial charge in [0.1, 0.15) is 5.75 Å². The van der Waals surface area contributed by atoms with E-state index in [1.54, 1.807) is 17.0 Å². The normalized spacial score (nSPS) is 16.4. The molecular formula is C17H19ClN2O2. The van der Waals surface area contributed by atoms with E-state index in [9.17, 15) is 4.79 Å². The number of carbonyl (C=O) groups excluding carboxylic acids is 1. The molecule has 2 N–H and O–H groups in total. The first-order valence-electron chi connectivity index (χ1n) is 7.07. The summed E-state index contributed by atoms with van der Waals surface area (Å²) in [6, 6.07) is 17.3. The molecule has 0 spiro atoms. The molecule has 116 valence electrons. The molecule has 1 aliphatic rings. The van der Waals surface area contributed by atoms with Gasteiger partial charge in [-0.3, -0.25) is 0 Å². The van der Waals surface area contributed by atoms with Gasteiger partial charge in [-0.15, -0.1) is 12.4 Å². The lowest BCUT2D eigenvalue weighted by Gasteiger charge is -2.33. The molecule has 0 fully saturated rings. The minimum Gasteiger partial charge on any atom is -0.410 e. The van der Waals surface area contributed by atoms with Crippen LogP contribution in [-0.4, -0.2) is 24.1 Å². The van der Waals surface area contributed by atoms with Crippen LogP contribution in [0.15, 0.2) is 54.6 Å². The molecule has 0 radical (unpaired) electrons. The Balaban J connectivity index is 0.00000176. The van der Waals surface area contributed by atoms with Crippen LogP contribution in [0.3, 0.4) is 0 Å². The van der Waals surface area contributed by atoms with Crippen molar-refractivity contribution in [3.8, 4) is 5.75 Å². The molecule has 3 rings (SSSR count).